The zero-order valence-corrected chi connectivity index (χ0v) is 17.6. The van der Waals surface area contributed by atoms with Crippen molar-refractivity contribution in [1.82, 2.24) is 5.32 Å². The smallest absolute Gasteiger partial charge is 0.416 e. The lowest BCUT2D eigenvalue weighted by Crippen LogP contribution is -2.59. The highest BCUT2D eigenvalue weighted by atomic mass is 19.4. The summed E-state index contributed by atoms with van der Waals surface area (Å²) >= 11 is 0. The lowest BCUT2D eigenvalue weighted by atomic mass is 9.78. The maximum absolute atomic E-state index is 14.4. The predicted molar refractivity (Wildman–Crippen MR) is 110 cm³/mol. The highest BCUT2D eigenvalue weighted by molar-refractivity contribution is 6.03. The quantitative estimate of drug-likeness (QED) is 0.439. The molecule has 3 rings (SSSR count). The number of carbonyl (C=O) groups is 1. The van der Waals surface area contributed by atoms with E-state index in [2.05, 4.69) is 0 Å². The molecule has 1 aliphatic rings. The minimum absolute atomic E-state index is 0.0727. The predicted octanol–water partition coefficient (Wildman–Crippen LogP) is 5.36. The first kappa shape index (κ1) is 24.5. The van der Waals surface area contributed by atoms with Crippen molar-refractivity contribution in [2.45, 2.75) is 44.1 Å². The van der Waals surface area contributed by atoms with Crippen LogP contribution in [0, 0.1) is 6.92 Å². The summed E-state index contributed by atoms with van der Waals surface area (Å²) in [6, 6.07) is 11.4. The van der Waals surface area contributed by atoms with E-state index in [1.165, 1.54) is 12.1 Å². The average molecular weight is 472 g/mol. The summed E-state index contributed by atoms with van der Waals surface area (Å²) < 4.78 is 85.0. The minimum Gasteiger partial charge on any atom is -0.494 e. The summed E-state index contributed by atoms with van der Waals surface area (Å²) in [6.45, 7) is 1.58. The summed E-state index contributed by atoms with van der Waals surface area (Å²) in [5.74, 6) is -0.921. The van der Waals surface area contributed by atoms with E-state index < -0.39 is 36.6 Å². The Balaban J connectivity index is 1.89. The van der Waals surface area contributed by atoms with E-state index in [0.717, 1.165) is 17.7 Å². The van der Waals surface area contributed by atoms with Gasteiger partial charge in [0.2, 0.25) is 0 Å². The molecule has 3 N–H and O–H groups in total. The van der Waals surface area contributed by atoms with Crippen LogP contribution in [0.5, 0.6) is 5.75 Å². The topological polar surface area (TPSA) is 64.4 Å². The molecule has 1 heterocycles. The highest BCUT2D eigenvalue weighted by Gasteiger charge is 2.59. The maximum Gasteiger partial charge on any atom is 0.416 e. The van der Waals surface area contributed by atoms with Gasteiger partial charge in [0.1, 0.15) is 11.4 Å². The molecule has 1 unspecified atom stereocenters. The van der Waals surface area contributed by atoms with Gasteiger partial charge in [0.15, 0.2) is 5.54 Å². The number of nitrogens with one attached hydrogen (secondary N) is 1. The molecule has 2 aromatic carbocycles. The number of amides is 1. The van der Waals surface area contributed by atoms with Gasteiger partial charge in [-0.2, -0.15) is 26.3 Å². The van der Waals surface area contributed by atoms with Crippen LogP contribution in [0.3, 0.4) is 0 Å². The fourth-order valence-electron chi connectivity index (χ4n) is 3.62. The third kappa shape index (κ3) is 5.43. The molecule has 1 atom stereocenters. The highest BCUT2D eigenvalue weighted by Crippen LogP contribution is 2.48. The van der Waals surface area contributed by atoms with E-state index in [0.29, 0.717) is 5.56 Å². The van der Waals surface area contributed by atoms with E-state index in [-0.39, 0.29) is 35.6 Å². The number of carbonyl (C=O) groups excluding carboxylic acids is 1. The monoisotopic (exact) mass is 472 g/mol. The Kier molecular flexibility index (Phi) is 6.67. The third-order valence-corrected chi connectivity index (χ3v) is 5.44. The van der Waals surface area contributed by atoms with Crippen LogP contribution in [-0.4, -0.2) is 24.9 Å². The molecule has 33 heavy (non-hydrogen) atoms. The number of benzene rings is 2. The number of aryl methyl sites for hydroxylation is 1. The molecule has 0 spiro atoms. The molecule has 0 radical (unpaired) electrons. The molecule has 0 bridgehead atoms. The lowest BCUT2D eigenvalue weighted by Gasteiger charge is -2.41. The average Bonchev–Trinajstić information content (AvgIpc) is 2.73. The second kappa shape index (κ2) is 8.99. The molecule has 0 aliphatic carbocycles. The third-order valence-electron chi connectivity index (χ3n) is 5.44. The van der Waals surface area contributed by atoms with E-state index in [1.807, 2.05) is 12.2 Å². The number of nitrogens with two attached hydrogens (primary N) is 1. The van der Waals surface area contributed by atoms with Crippen LogP contribution in [0.4, 0.5) is 26.3 Å². The Morgan fingerprint density at radius 2 is 1.61 bits per heavy atom. The maximum atomic E-state index is 14.4. The Bertz CT molecular complexity index is 1030. The summed E-state index contributed by atoms with van der Waals surface area (Å²) in [5, 5.41) is 2.02. The second-order valence-electron chi connectivity index (χ2n) is 7.88. The zero-order valence-electron chi connectivity index (χ0n) is 17.6. The Labute approximate surface area is 186 Å². The normalized spacial score (nSPS) is 19.4. The van der Waals surface area contributed by atoms with Crippen LogP contribution in [-0.2, 0) is 10.3 Å². The number of ether oxygens (including phenoxy) is 1. The number of alkyl halides is 6. The summed E-state index contributed by atoms with van der Waals surface area (Å²) in [5.41, 5.74) is 3.96. The number of rotatable bonds is 6. The van der Waals surface area contributed by atoms with Crippen molar-refractivity contribution >= 4 is 11.5 Å². The first-order valence-corrected chi connectivity index (χ1v) is 10.1. The SMILES string of the molecule is Cc1ccc(C2=C(N)C(=O)NC(c3ccc(OCCCC(F)(F)F)cc3)(C(F)(F)F)C2)cc1. The van der Waals surface area contributed by atoms with Crippen molar-refractivity contribution in [2.75, 3.05) is 6.61 Å². The Morgan fingerprint density at radius 1 is 1.00 bits per heavy atom. The van der Waals surface area contributed by atoms with Crippen LogP contribution < -0.4 is 15.8 Å². The van der Waals surface area contributed by atoms with Gasteiger partial charge >= 0.3 is 12.4 Å². The van der Waals surface area contributed by atoms with Gasteiger partial charge in [0, 0.05) is 12.8 Å². The van der Waals surface area contributed by atoms with Gasteiger partial charge in [-0.05, 0) is 42.2 Å². The van der Waals surface area contributed by atoms with Crippen LogP contribution >= 0.6 is 0 Å². The molecule has 0 saturated carbocycles. The first-order valence-electron chi connectivity index (χ1n) is 10.1. The van der Waals surface area contributed by atoms with Crippen LogP contribution in [0.1, 0.15) is 36.0 Å². The first-order chi connectivity index (χ1) is 15.3. The fourth-order valence-corrected chi connectivity index (χ4v) is 3.62. The number of hydrogen-bond acceptors (Lipinski definition) is 3. The summed E-state index contributed by atoms with van der Waals surface area (Å²) in [6.07, 6.45) is -11.1. The van der Waals surface area contributed by atoms with Crippen molar-refractivity contribution < 1.29 is 35.9 Å². The molecule has 178 valence electrons. The van der Waals surface area contributed by atoms with E-state index in [4.69, 9.17) is 10.5 Å². The molecule has 0 fully saturated rings. The fraction of sp³-hybridized carbons (Fsp3) is 0.348. The summed E-state index contributed by atoms with van der Waals surface area (Å²) in [4.78, 5) is 12.5. The van der Waals surface area contributed by atoms with Crippen molar-refractivity contribution in [1.29, 1.82) is 0 Å². The molecular weight excluding hydrogens is 450 g/mol. The molecule has 10 heteroatoms. The second-order valence-corrected chi connectivity index (χ2v) is 7.88. The van der Waals surface area contributed by atoms with Crippen LogP contribution in [0.2, 0.25) is 0 Å². The van der Waals surface area contributed by atoms with E-state index in [1.54, 1.807) is 24.3 Å². The Hall–Kier alpha value is -3.17. The van der Waals surface area contributed by atoms with Crippen molar-refractivity contribution in [3.05, 3.63) is 70.9 Å². The van der Waals surface area contributed by atoms with Crippen LogP contribution in [0.15, 0.2) is 54.2 Å². The van der Waals surface area contributed by atoms with Gasteiger partial charge < -0.3 is 15.8 Å². The number of hydrogen-bond donors (Lipinski definition) is 2. The van der Waals surface area contributed by atoms with E-state index >= 15 is 0 Å². The van der Waals surface area contributed by atoms with Gasteiger partial charge in [0.25, 0.3) is 5.91 Å². The zero-order chi connectivity index (χ0) is 24.4. The molecule has 4 nitrogen and oxygen atoms in total. The van der Waals surface area contributed by atoms with Crippen molar-refractivity contribution in [2.24, 2.45) is 5.73 Å². The van der Waals surface area contributed by atoms with Gasteiger partial charge in [-0.1, -0.05) is 42.0 Å². The molecular formula is C23H22F6N2O2. The van der Waals surface area contributed by atoms with Gasteiger partial charge in [-0.25, -0.2) is 0 Å². The summed E-state index contributed by atoms with van der Waals surface area (Å²) in [7, 11) is 0. The number of halogens is 6. The molecule has 0 aromatic heterocycles. The van der Waals surface area contributed by atoms with Crippen LogP contribution in [0.25, 0.3) is 5.57 Å². The molecule has 1 amide bonds. The van der Waals surface area contributed by atoms with Gasteiger partial charge in [0.05, 0.1) is 6.61 Å². The lowest BCUT2D eigenvalue weighted by molar-refractivity contribution is -0.201. The molecule has 2 aromatic rings. The largest absolute Gasteiger partial charge is 0.494 e. The van der Waals surface area contributed by atoms with E-state index in [9.17, 15) is 31.1 Å². The minimum atomic E-state index is -4.87. The molecule has 1 aliphatic heterocycles. The van der Waals surface area contributed by atoms with Crippen molar-refractivity contribution in [3.63, 3.8) is 0 Å². The standard InChI is InChI=1S/C23H22F6N2O2/c1-14-3-5-15(6-4-14)18-13-21(23(27,28)29,31-20(32)19(18)30)16-7-9-17(10-8-16)33-12-2-11-22(24,25)26/h3-10H,2,11-13,30H2,1H3,(H,31,32). The van der Waals surface area contributed by atoms with Gasteiger partial charge in [-0.3, -0.25) is 4.79 Å². The van der Waals surface area contributed by atoms with Gasteiger partial charge in [-0.15, -0.1) is 0 Å². The molecule has 0 saturated heterocycles. The Morgan fingerprint density at radius 3 is 2.15 bits per heavy atom. The van der Waals surface area contributed by atoms with Crippen molar-refractivity contribution in [3.8, 4) is 5.75 Å².